The Kier molecular flexibility index (Phi) is 4.13. The summed E-state index contributed by atoms with van der Waals surface area (Å²) in [4.78, 5) is 11.8. The van der Waals surface area contributed by atoms with Crippen LogP contribution in [0.3, 0.4) is 0 Å². The topological polar surface area (TPSA) is 55.1 Å². The zero-order valence-electron chi connectivity index (χ0n) is 10.4. The lowest BCUT2D eigenvalue weighted by Crippen LogP contribution is -2.13. The fraction of sp³-hybridized carbons (Fsp3) is 0.133. The van der Waals surface area contributed by atoms with E-state index >= 15 is 0 Å². The molecule has 0 aliphatic rings. The van der Waals surface area contributed by atoms with Crippen molar-refractivity contribution in [1.82, 2.24) is 0 Å². The molecule has 19 heavy (non-hydrogen) atoms. The second-order valence-corrected chi connectivity index (χ2v) is 4.27. The standard InChI is InChI=1S/C15H15FN2O/c16-12-7-8-14(13(17)10-12)18-15(19)9-6-11-4-2-1-3-5-11/h1-5,7-8,10H,6,9,17H2,(H,18,19). The van der Waals surface area contributed by atoms with Crippen LogP contribution in [0, 0.1) is 5.82 Å². The summed E-state index contributed by atoms with van der Waals surface area (Å²) in [5, 5.41) is 2.68. The number of nitrogens with two attached hydrogens (primary N) is 1. The van der Waals surface area contributed by atoms with Gasteiger partial charge in [-0.15, -0.1) is 0 Å². The first-order valence-corrected chi connectivity index (χ1v) is 6.04. The van der Waals surface area contributed by atoms with Crippen molar-refractivity contribution in [3.8, 4) is 0 Å². The number of nitrogen functional groups attached to an aromatic ring is 1. The second kappa shape index (κ2) is 6.00. The van der Waals surface area contributed by atoms with Crippen LogP contribution in [0.1, 0.15) is 12.0 Å². The predicted molar refractivity (Wildman–Crippen MR) is 74.2 cm³/mol. The van der Waals surface area contributed by atoms with Gasteiger partial charge in [0.2, 0.25) is 5.91 Å². The lowest BCUT2D eigenvalue weighted by atomic mass is 10.1. The molecule has 2 aromatic rings. The van der Waals surface area contributed by atoms with Crippen molar-refractivity contribution in [3.63, 3.8) is 0 Å². The highest BCUT2D eigenvalue weighted by molar-refractivity contribution is 5.93. The van der Waals surface area contributed by atoms with E-state index in [9.17, 15) is 9.18 Å². The Bertz CT molecular complexity index is 570. The molecule has 0 heterocycles. The Balaban J connectivity index is 1.91. The van der Waals surface area contributed by atoms with Crippen LogP contribution < -0.4 is 11.1 Å². The molecule has 0 spiro atoms. The van der Waals surface area contributed by atoms with Crippen LogP contribution in [-0.2, 0) is 11.2 Å². The Labute approximate surface area is 111 Å². The van der Waals surface area contributed by atoms with Crippen molar-refractivity contribution in [2.24, 2.45) is 0 Å². The number of nitrogens with one attached hydrogen (secondary N) is 1. The number of carbonyl (C=O) groups is 1. The summed E-state index contributed by atoms with van der Waals surface area (Å²) in [6, 6.07) is 13.7. The van der Waals surface area contributed by atoms with Crippen molar-refractivity contribution in [3.05, 3.63) is 59.9 Å². The SMILES string of the molecule is Nc1cc(F)ccc1NC(=O)CCc1ccccc1. The molecule has 98 valence electrons. The van der Waals surface area contributed by atoms with Crippen LogP contribution in [0.15, 0.2) is 48.5 Å². The number of aryl methyl sites for hydroxylation is 1. The van der Waals surface area contributed by atoms with Crippen LogP contribution in [-0.4, -0.2) is 5.91 Å². The Morgan fingerprint density at radius 3 is 2.58 bits per heavy atom. The van der Waals surface area contributed by atoms with Gasteiger partial charge < -0.3 is 11.1 Å². The minimum absolute atomic E-state index is 0.137. The molecule has 0 radical (unpaired) electrons. The van der Waals surface area contributed by atoms with Gasteiger partial charge in [0.15, 0.2) is 0 Å². The number of rotatable bonds is 4. The maximum absolute atomic E-state index is 12.9. The van der Waals surface area contributed by atoms with Gasteiger partial charge in [0.1, 0.15) is 5.82 Å². The van der Waals surface area contributed by atoms with E-state index in [1.165, 1.54) is 18.2 Å². The fourth-order valence-electron chi connectivity index (χ4n) is 1.76. The summed E-state index contributed by atoms with van der Waals surface area (Å²) in [5.41, 5.74) is 7.40. The smallest absolute Gasteiger partial charge is 0.224 e. The van der Waals surface area contributed by atoms with E-state index < -0.39 is 5.82 Å². The highest BCUT2D eigenvalue weighted by Gasteiger charge is 2.06. The molecule has 2 rings (SSSR count). The highest BCUT2D eigenvalue weighted by Crippen LogP contribution is 2.19. The van der Waals surface area contributed by atoms with Gasteiger partial charge in [0.05, 0.1) is 11.4 Å². The number of benzene rings is 2. The summed E-state index contributed by atoms with van der Waals surface area (Å²) in [6.07, 6.45) is 1.02. The molecule has 1 amide bonds. The van der Waals surface area contributed by atoms with Crippen molar-refractivity contribution < 1.29 is 9.18 Å². The van der Waals surface area contributed by atoms with Gasteiger partial charge in [-0.1, -0.05) is 30.3 Å². The van der Waals surface area contributed by atoms with E-state index in [4.69, 9.17) is 5.73 Å². The quantitative estimate of drug-likeness (QED) is 0.828. The van der Waals surface area contributed by atoms with Crippen molar-refractivity contribution in [1.29, 1.82) is 0 Å². The predicted octanol–water partition coefficient (Wildman–Crippen LogP) is 2.98. The molecule has 3 N–H and O–H groups in total. The molecule has 0 bridgehead atoms. The van der Waals surface area contributed by atoms with E-state index in [0.29, 0.717) is 18.5 Å². The van der Waals surface area contributed by atoms with Crippen molar-refractivity contribution >= 4 is 17.3 Å². The molecule has 3 nitrogen and oxygen atoms in total. The van der Waals surface area contributed by atoms with Gasteiger partial charge >= 0.3 is 0 Å². The second-order valence-electron chi connectivity index (χ2n) is 4.27. The van der Waals surface area contributed by atoms with E-state index in [-0.39, 0.29) is 11.6 Å². The summed E-state index contributed by atoms with van der Waals surface area (Å²) < 4.78 is 12.9. The fourth-order valence-corrected chi connectivity index (χ4v) is 1.76. The average molecular weight is 258 g/mol. The number of hydrogen-bond acceptors (Lipinski definition) is 2. The minimum Gasteiger partial charge on any atom is -0.397 e. The van der Waals surface area contributed by atoms with Gasteiger partial charge in [-0.2, -0.15) is 0 Å². The van der Waals surface area contributed by atoms with Gasteiger partial charge in [0.25, 0.3) is 0 Å². The van der Waals surface area contributed by atoms with Crippen LogP contribution in [0.5, 0.6) is 0 Å². The van der Waals surface area contributed by atoms with Crippen LogP contribution in [0.2, 0.25) is 0 Å². The van der Waals surface area contributed by atoms with Crippen LogP contribution in [0.4, 0.5) is 15.8 Å². The Hall–Kier alpha value is -2.36. The van der Waals surface area contributed by atoms with Gasteiger partial charge in [-0.05, 0) is 30.2 Å². The summed E-state index contributed by atoms with van der Waals surface area (Å²) in [6.45, 7) is 0. The molecule has 0 saturated carbocycles. The van der Waals surface area contributed by atoms with E-state index in [1.54, 1.807) is 0 Å². The zero-order valence-corrected chi connectivity index (χ0v) is 10.4. The van der Waals surface area contributed by atoms with Crippen LogP contribution >= 0.6 is 0 Å². The normalized spacial score (nSPS) is 10.2. The minimum atomic E-state index is -0.417. The first kappa shape index (κ1) is 13.1. The largest absolute Gasteiger partial charge is 0.397 e. The molecule has 0 aliphatic heterocycles. The van der Waals surface area contributed by atoms with Gasteiger partial charge in [-0.3, -0.25) is 4.79 Å². The van der Waals surface area contributed by atoms with Gasteiger partial charge in [0, 0.05) is 6.42 Å². The molecule has 4 heteroatoms. The summed E-state index contributed by atoms with van der Waals surface area (Å²) >= 11 is 0. The number of halogens is 1. The monoisotopic (exact) mass is 258 g/mol. The third kappa shape index (κ3) is 3.81. The molecular formula is C15H15FN2O. The maximum atomic E-state index is 12.9. The third-order valence-corrected chi connectivity index (χ3v) is 2.77. The summed E-state index contributed by atoms with van der Waals surface area (Å²) in [7, 11) is 0. The first-order chi connectivity index (χ1) is 9.15. The van der Waals surface area contributed by atoms with Gasteiger partial charge in [-0.25, -0.2) is 4.39 Å². The molecule has 0 aliphatic carbocycles. The summed E-state index contributed by atoms with van der Waals surface area (Å²) in [5.74, 6) is -0.554. The third-order valence-electron chi connectivity index (χ3n) is 2.77. The molecule has 2 aromatic carbocycles. The lowest BCUT2D eigenvalue weighted by Gasteiger charge is -2.08. The average Bonchev–Trinajstić information content (AvgIpc) is 2.41. The number of carbonyl (C=O) groups excluding carboxylic acids is 1. The number of amides is 1. The highest BCUT2D eigenvalue weighted by atomic mass is 19.1. The molecule has 0 saturated heterocycles. The lowest BCUT2D eigenvalue weighted by molar-refractivity contribution is -0.116. The molecule has 0 aromatic heterocycles. The Morgan fingerprint density at radius 2 is 1.89 bits per heavy atom. The molecule has 0 atom stereocenters. The first-order valence-electron chi connectivity index (χ1n) is 6.04. The Morgan fingerprint density at radius 1 is 1.16 bits per heavy atom. The molecule has 0 unspecified atom stereocenters. The van der Waals surface area contributed by atoms with Crippen molar-refractivity contribution in [2.75, 3.05) is 11.1 Å². The van der Waals surface area contributed by atoms with E-state index in [0.717, 1.165) is 5.56 Å². The number of hydrogen-bond donors (Lipinski definition) is 2. The van der Waals surface area contributed by atoms with Crippen LogP contribution in [0.25, 0.3) is 0 Å². The van der Waals surface area contributed by atoms with E-state index in [1.807, 2.05) is 30.3 Å². The zero-order chi connectivity index (χ0) is 13.7. The van der Waals surface area contributed by atoms with E-state index in [2.05, 4.69) is 5.32 Å². The molecule has 0 fully saturated rings. The van der Waals surface area contributed by atoms with Crippen molar-refractivity contribution in [2.45, 2.75) is 12.8 Å². The maximum Gasteiger partial charge on any atom is 0.224 e. The molecular weight excluding hydrogens is 243 g/mol. The number of anilines is 2.